The third-order valence-corrected chi connectivity index (χ3v) is 2.64. The molecule has 1 aromatic carbocycles. The maximum atomic E-state index is 11.2. The van der Waals surface area contributed by atoms with Crippen LogP contribution in [0.4, 0.5) is 5.69 Å². The fraction of sp³-hybridized carbons (Fsp3) is 0.417. The van der Waals surface area contributed by atoms with Crippen LogP contribution in [-0.4, -0.2) is 12.5 Å². The van der Waals surface area contributed by atoms with Gasteiger partial charge in [-0.3, -0.25) is 4.79 Å². The summed E-state index contributed by atoms with van der Waals surface area (Å²) in [6.45, 7) is 3.98. The fourth-order valence-corrected chi connectivity index (χ4v) is 1.82. The van der Waals surface area contributed by atoms with Gasteiger partial charge in [-0.1, -0.05) is 19.1 Å². The molecule has 0 aromatic heterocycles. The number of rotatable bonds is 3. The van der Waals surface area contributed by atoms with Gasteiger partial charge in [0.1, 0.15) is 0 Å². The molecule has 0 spiro atoms. The van der Waals surface area contributed by atoms with Crippen LogP contribution in [0.1, 0.15) is 24.5 Å². The molecule has 3 heteroatoms. The molecule has 3 nitrogen and oxygen atoms in total. The Morgan fingerprint density at radius 2 is 2.27 bits per heavy atom. The molecule has 0 fully saturated rings. The largest absolute Gasteiger partial charge is 0.326 e. The standard InChI is InChI=1S/C12H16N2O/c1-2-13-8-9-3-5-11-10(7-9)4-6-12(15)14-11/h3,5,7,13H,2,4,6,8H2,1H3,(H,14,15). The van der Waals surface area contributed by atoms with Gasteiger partial charge < -0.3 is 10.6 Å². The first-order valence-electron chi connectivity index (χ1n) is 5.42. The molecule has 1 heterocycles. The molecule has 0 saturated heterocycles. The van der Waals surface area contributed by atoms with Crippen molar-refractivity contribution in [2.45, 2.75) is 26.3 Å². The van der Waals surface area contributed by atoms with E-state index in [-0.39, 0.29) is 5.91 Å². The van der Waals surface area contributed by atoms with E-state index in [1.165, 1.54) is 11.1 Å². The van der Waals surface area contributed by atoms with E-state index in [2.05, 4.69) is 29.7 Å². The summed E-state index contributed by atoms with van der Waals surface area (Å²) in [6, 6.07) is 6.24. The van der Waals surface area contributed by atoms with Gasteiger partial charge >= 0.3 is 0 Å². The first-order chi connectivity index (χ1) is 7.29. The van der Waals surface area contributed by atoms with Crippen LogP contribution in [0.3, 0.4) is 0 Å². The monoisotopic (exact) mass is 204 g/mol. The summed E-state index contributed by atoms with van der Waals surface area (Å²) in [5, 5.41) is 6.18. The summed E-state index contributed by atoms with van der Waals surface area (Å²) < 4.78 is 0. The molecule has 0 aliphatic carbocycles. The Bertz CT molecular complexity index is 374. The van der Waals surface area contributed by atoms with Crippen LogP contribution in [0.5, 0.6) is 0 Å². The molecule has 0 radical (unpaired) electrons. The van der Waals surface area contributed by atoms with Crippen molar-refractivity contribution < 1.29 is 4.79 Å². The highest BCUT2D eigenvalue weighted by Gasteiger charge is 2.14. The van der Waals surface area contributed by atoms with Crippen LogP contribution in [0.15, 0.2) is 18.2 Å². The Balaban J connectivity index is 2.15. The number of aryl methyl sites for hydroxylation is 1. The van der Waals surface area contributed by atoms with E-state index in [1.807, 2.05) is 6.07 Å². The van der Waals surface area contributed by atoms with Crippen LogP contribution < -0.4 is 10.6 Å². The molecule has 15 heavy (non-hydrogen) atoms. The van der Waals surface area contributed by atoms with Crippen LogP contribution in [-0.2, 0) is 17.8 Å². The smallest absolute Gasteiger partial charge is 0.224 e. The molecule has 1 amide bonds. The highest BCUT2D eigenvalue weighted by Crippen LogP contribution is 2.23. The van der Waals surface area contributed by atoms with E-state index >= 15 is 0 Å². The van der Waals surface area contributed by atoms with Gasteiger partial charge in [0.25, 0.3) is 0 Å². The number of amides is 1. The van der Waals surface area contributed by atoms with Crippen LogP contribution in [0, 0.1) is 0 Å². The summed E-state index contributed by atoms with van der Waals surface area (Å²) in [7, 11) is 0. The van der Waals surface area contributed by atoms with Crippen LogP contribution >= 0.6 is 0 Å². The minimum absolute atomic E-state index is 0.127. The van der Waals surface area contributed by atoms with Gasteiger partial charge in [-0.15, -0.1) is 0 Å². The number of benzene rings is 1. The highest BCUT2D eigenvalue weighted by atomic mass is 16.1. The Morgan fingerprint density at radius 3 is 3.07 bits per heavy atom. The number of hydrogen-bond donors (Lipinski definition) is 2. The second kappa shape index (κ2) is 4.45. The van der Waals surface area contributed by atoms with Gasteiger partial charge in [-0.05, 0) is 30.2 Å². The molecule has 0 unspecified atom stereocenters. The van der Waals surface area contributed by atoms with E-state index in [0.29, 0.717) is 6.42 Å². The average molecular weight is 204 g/mol. The number of anilines is 1. The normalized spacial score (nSPS) is 14.6. The highest BCUT2D eigenvalue weighted by molar-refractivity contribution is 5.93. The number of carbonyl (C=O) groups is 1. The Labute approximate surface area is 89.9 Å². The first-order valence-corrected chi connectivity index (χ1v) is 5.42. The molecular weight excluding hydrogens is 188 g/mol. The summed E-state index contributed by atoms with van der Waals surface area (Å²) >= 11 is 0. The molecule has 1 aliphatic rings. The molecule has 80 valence electrons. The number of fused-ring (bicyclic) bond motifs is 1. The predicted molar refractivity (Wildman–Crippen MR) is 60.8 cm³/mol. The fourth-order valence-electron chi connectivity index (χ4n) is 1.82. The topological polar surface area (TPSA) is 41.1 Å². The predicted octanol–water partition coefficient (Wildman–Crippen LogP) is 1.68. The zero-order valence-corrected chi connectivity index (χ0v) is 8.97. The molecule has 1 aliphatic heterocycles. The minimum Gasteiger partial charge on any atom is -0.326 e. The SMILES string of the molecule is CCNCc1ccc2c(c1)CCC(=O)N2. The quantitative estimate of drug-likeness (QED) is 0.786. The van der Waals surface area contributed by atoms with Crippen molar-refractivity contribution in [1.29, 1.82) is 0 Å². The van der Waals surface area contributed by atoms with E-state index in [4.69, 9.17) is 0 Å². The van der Waals surface area contributed by atoms with E-state index in [1.54, 1.807) is 0 Å². The van der Waals surface area contributed by atoms with Gasteiger partial charge in [0, 0.05) is 18.7 Å². The van der Waals surface area contributed by atoms with Crippen molar-refractivity contribution in [3.8, 4) is 0 Å². The maximum absolute atomic E-state index is 11.2. The van der Waals surface area contributed by atoms with Crippen molar-refractivity contribution >= 4 is 11.6 Å². The lowest BCUT2D eigenvalue weighted by Gasteiger charge is -2.17. The number of carbonyl (C=O) groups excluding carboxylic acids is 1. The van der Waals surface area contributed by atoms with Gasteiger partial charge in [0.05, 0.1) is 0 Å². The summed E-state index contributed by atoms with van der Waals surface area (Å²) in [5.41, 5.74) is 3.52. The summed E-state index contributed by atoms with van der Waals surface area (Å²) in [6.07, 6.45) is 1.47. The third-order valence-electron chi connectivity index (χ3n) is 2.64. The Hall–Kier alpha value is -1.35. The Kier molecular flexibility index (Phi) is 3.02. The zero-order valence-electron chi connectivity index (χ0n) is 8.97. The van der Waals surface area contributed by atoms with Gasteiger partial charge in [-0.2, -0.15) is 0 Å². The lowest BCUT2D eigenvalue weighted by atomic mass is 10.0. The average Bonchev–Trinajstić information content (AvgIpc) is 2.26. The van der Waals surface area contributed by atoms with E-state index in [9.17, 15) is 4.79 Å². The zero-order chi connectivity index (χ0) is 10.7. The molecular formula is C12H16N2O. The van der Waals surface area contributed by atoms with Crippen molar-refractivity contribution in [3.63, 3.8) is 0 Å². The molecule has 0 saturated carbocycles. The van der Waals surface area contributed by atoms with Crippen molar-refractivity contribution in [1.82, 2.24) is 5.32 Å². The van der Waals surface area contributed by atoms with Crippen LogP contribution in [0.2, 0.25) is 0 Å². The maximum Gasteiger partial charge on any atom is 0.224 e. The van der Waals surface area contributed by atoms with E-state index in [0.717, 1.165) is 25.2 Å². The van der Waals surface area contributed by atoms with Gasteiger partial charge in [-0.25, -0.2) is 0 Å². The minimum atomic E-state index is 0.127. The second-order valence-corrected chi connectivity index (χ2v) is 3.82. The van der Waals surface area contributed by atoms with Crippen molar-refractivity contribution in [2.24, 2.45) is 0 Å². The van der Waals surface area contributed by atoms with E-state index < -0.39 is 0 Å². The molecule has 2 N–H and O–H groups in total. The van der Waals surface area contributed by atoms with Gasteiger partial charge in [0.15, 0.2) is 0 Å². The van der Waals surface area contributed by atoms with Crippen molar-refractivity contribution in [3.05, 3.63) is 29.3 Å². The Morgan fingerprint density at radius 1 is 1.40 bits per heavy atom. The second-order valence-electron chi connectivity index (χ2n) is 3.82. The summed E-state index contributed by atoms with van der Waals surface area (Å²) in [4.78, 5) is 11.2. The van der Waals surface area contributed by atoms with Crippen LogP contribution in [0.25, 0.3) is 0 Å². The summed E-state index contributed by atoms with van der Waals surface area (Å²) in [5.74, 6) is 0.127. The first kappa shape index (κ1) is 10.2. The molecule has 0 atom stereocenters. The van der Waals surface area contributed by atoms with Gasteiger partial charge in [0.2, 0.25) is 5.91 Å². The van der Waals surface area contributed by atoms with Crippen molar-refractivity contribution in [2.75, 3.05) is 11.9 Å². The molecule has 2 rings (SSSR count). The number of nitrogens with one attached hydrogen (secondary N) is 2. The lowest BCUT2D eigenvalue weighted by molar-refractivity contribution is -0.116. The molecule has 0 bridgehead atoms. The third kappa shape index (κ3) is 2.36. The molecule has 1 aromatic rings. The number of hydrogen-bond acceptors (Lipinski definition) is 2. The lowest BCUT2D eigenvalue weighted by Crippen LogP contribution is -2.19.